The van der Waals surface area contributed by atoms with E-state index in [9.17, 15) is 9.59 Å². The molecule has 3 heterocycles. The molecule has 1 saturated heterocycles. The lowest BCUT2D eigenvalue weighted by Gasteiger charge is -2.40. The number of hydrogen-bond donors (Lipinski definition) is 3. The molecule has 1 unspecified atom stereocenters. The van der Waals surface area contributed by atoms with E-state index >= 15 is 4.39 Å². The summed E-state index contributed by atoms with van der Waals surface area (Å²) in [6.45, 7) is 2.41. The summed E-state index contributed by atoms with van der Waals surface area (Å²) in [5.74, 6) is -0.568. The Morgan fingerprint density at radius 2 is 1.90 bits per heavy atom. The number of carbonyl (C=O) groups excluding carboxylic acids is 2. The SMILES string of the molecule is COc1ccc(-c2nc3n(n2)C(C)(N[C@@H]2CN(C(=O)OCc4ccccc4)CCNC2=O)Nc2c(F)cccc2-3)cc1. The largest absolute Gasteiger partial charge is 0.497 e. The average molecular weight is 572 g/mol. The van der Waals surface area contributed by atoms with Gasteiger partial charge < -0.3 is 25.0 Å². The Balaban J connectivity index is 1.30. The van der Waals surface area contributed by atoms with Gasteiger partial charge in [0.2, 0.25) is 5.91 Å². The van der Waals surface area contributed by atoms with E-state index in [-0.39, 0.29) is 37.8 Å². The number of methoxy groups -OCH3 is 1. The van der Waals surface area contributed by atoms with Gasteiger partial charge in [-0.3, -0.25) is 10.1 Å². The Bertz CT molecular complexity index is 1610. The molecule has 1 fully saturated rings. The van der Waals surface area contributed by atoms with E-state index in [0.29, 0.717) is 23.0 Å². The molecule has 0 spiro atoms. The van der Waals surface area contributed by atoms with Crippen LogP contribution < -0.4 is 20.7 Å². The highest BCUT2D eigenvalue weighted by atomic mass is 19.1. The molecule has 6 rings (SSSR count). The van der Waals surface area contributed by atoms with Crippen molar-refractivity contribution in [2.24, 2.45) is 0 Å². The van der Waals surface area contributed by atoms with Gasteiger partial charge in [-0.1, -0.05) is 36.4 Å². The Labute approximate surface area is 241 Å². The second-order valence-corrected chi connectivity index (χ2v) is 10.2. The summed E-state index contributed by atoms with van der Waals surface area (Å²) in [4.78, 5) is 32.4. The normalized spacial score (nSPS) is 19.5. The van der Waals surface area contributed by atoms with E-state index in [1.54, 1.807) is 43.0 Å². The first-order valence-corrected chi connectivity index (χ1v) is 13.5. The molecule has 0 bridgehead atoms. The zero-order chi connectivity index (χ0) is 29.3. The molecule has 3 aromatic carbocycles. The van der Waals surface area contributed by atoms with Crippen LogP contribution in [0.4, 0.5) is 14.9 Å². The highest BCUT2D eigenvalue weighted by molar-refractivity contribution is 5.84. The van der Waals surface area contributed by atoms with Gasteiger partial charge in [0.1, 0.15) is 24.2 Å². The Morgan fingerprint density at radius 3 is 2.67 bits per heavy atom. The summed E-state index contributed by atoms with van der Waals surface area (Å²) < 4.78 is 27.5. The Kier molecular flexibility index (Phi) is 7.21. The lowest BCUT2D eigenvalue weighted by Crippen LogP contribution is -2.62. The number of anilines is 1. The van der Waals surface area contributed by atoms with Crippen molar-refractivity contribution in [1.29, 1.82) is 0 Å². The predicted molar refractivity (Wildman–Crippen MR) is 153 cm³/mol. The monoisotopic (exact) mass is 571 g/mol. The van der Waals surface area contributed by atoms with Crippen molar-refractivity contribution in [2.45, 2.75) is 25.4 Å². The van der Waals surface area contributed by atoms with Crippen molar-refractivity contribution in [1.82, 2.24) is 30.3 Å². The zero-order valence-corrected chi connectivity index (χ0v) is 23.1. The van der Waals surface area contributed by atoms with Gasteiger partial charge in [0.25, 0.3) is 0 Å². The number of carbonyl (C=O) groups is 2. The molecule has 11 nitrogen and oxygen atoms in total. The van der Waals surface area contributed by atoms with E-state index in [1.165, 1.54) is 11.0 Å². The molecule has 0 aliphatic carbocycles. The van der Waals surface area contributed by atoms with Gasteiger partial charge >= 0.3 is 6.09 Å². The Hall–Kier alpha value is -4.97. The fourth-order valence-electron chi connectivity index (χ4n) is 5.15. The van der Waals surface area contributed by atoms with E-state index in [0.717, 1.165) is 11.1 Å². The van der Waals surface area contributed by atoms with E-state index in [4.69, 9.17) is 19.6 Å². The number of fused-ring (bicyclic) bond motifs is 3. The highest BCUT2D eigenvalue weighted by Gasteiger charge is 2.42. The molecular formula is C30H30FN7O4. The van der Waals surface area contributed by atoms with Crippen LogP contribution in [-0.2, 0) is 21.9 Å². The first kappa shape index (κ1) is 27.2. The summed E-state index contributed by atoms with van der Waals surface area (Å²) >= 11 is 0. The first-order chi connectivity index (χ1) is 20.3. The van der Waals surface area contributed by atoms with Crippen LogP contribution in [-0.4, -0.2) is 64.5 Å². The fourth-order valence-corrected chi connectivity index (χ4v) is 5.15. The molecule has 216 valence electrons. The molecule has 0 saturated carbocycles. The standard InChI is InChI=1S/C30H30FN7O4/c1-30(34-24-17-37(16-15-32-28(24)39)29(40)42-18-19-7-4-3-5-8-19)35-25-22(9-6-10-23(25)31)27-33-26(36-38(27)30)20-11-13-21(41-2)14-12-20/h3-14,24,34-35H,15-18H2,1-2H3,(H,32,39)/t24-,30?/m1/s1. The highest BCUT2D eigenvalue weighted by Crippen LogP contribution is 2.39. The maximum atomic E-state index is 15.1. The van der Waals surface area contributed by atoms with Crippen LogP contribution in [0.25, 0.3) is 22.8 Å². The number of halogens is 1. The van der Waals surface area contributed by atoms with E-state index < -0.39 is 23.7 Å². The van der Waals surface area contributed by atoms with Crippen molar-refractivity contribution in [3.8, 4) is 28.5 Å². The van der Waals surface area contributed by atoms with Crippen molar-refractivity contribution in [2.75, 3.05) is 32.1 Å². The summed E-state index contributed by atoms with van der Waals surface area (Å²) in [7, 11) is 1.59. The molecule has 42 heavy (non-hydrogen) atoms. The van der Waals surface area contributed by atoms with Crippen LogP contribution in [0, 0.1) is 5.82 Å². The molecule has 4 aromatic rings. The number of nitrogens with one attached hydrogen (secondary N) is 3. The minimum Gasteiger partial charge on any atom is -0.497 e. The summed E-state index contributed by atoms with van der Waals surface area (Å²) in [6.07, 6.45) is -0.538. The molecule has 2 amide bonds. The fraction of sp³-hybridized carbons (Fsp3) is 0.267. The second kappa shape index (κ2) is 11.1. The molecule has 12 heteroatoms. The lowest BCUT2D eigenvalue weighted by molar-refractivity contribution is -0.123. The molecule has 0 radical (unpaired) electrons. The third kappa shape index (κ3) is 5.23. The number of rotatable bonds is 6. The molecular weight excluding hydrogens is 541 g/mol. The maximum Gasteiger partial charge on any atom is 0.410 e. The third-order valence-corrected chi connectivity index (χ3v) is 7.32. The van der Waals surface area contributed by atoms with Crippen LogP contribution in [0.3, 0.4) is 0 Å². The van der Waals surface area contributed by atoms with Crippen molar-refractivity contribution in [3.63, 3.8) is 0 Å². The number of nitrogens with zero attached hydrogens (tertiary/aromatic N) is 4. The molecule has 3 N–H and O–H groups in total. The first-order valence-electron chi connectivity index (χ1n) is 13.5. The predicted octanol–water partition coefficient (Wildman–Crippen LogP) is 3.54. The molecule has 2 aliphatic heterocycles. The van der Waals surface area contributed by atoms with Gasteiger partial charge in [-0.05, 0) is 48.9 Å². The van der Waals surface area contributed by atoms with E-state index in [1.807, 2.05) is 42.5 Å². The average Bonchev–Trinajstić information content (AvgIpc) is 3.39. The molecule has 2 aliphatic rings. The van der Waals surface area contributed by atoms with Crippen LogP contribution in [0.1, 0.15) is 12.5 Å². The van der Waals surface area contributed by atoms with Crippen LogP contribution in [0.5, 0.6) is 5.75 Å². The van der Waals surface area contributed by atoms with Crippen LogP contribution in [0.2, 0.25) is 0 Å². The van der Waals surface area contributed by atoms with Gasteiger partial charge in [0.05, 0.1) is 12.8 Å². The minimum absolute atomic E-state index is 0.0240. The van der Waals surface area contributed by atoms with Crippen LogP contribution in [0.15, 0.2) is 72.8 Å². The summed E-state index contributed by atoms with van der Waals surface area (Å²) in [5, 5.41) is 14.1. The number of hydrogen-bond acceptors (Lipinski definition) is 8. The van der Waals surface area contributed by atoms with Gasteiger partial charge in [-0.2, -0.15) is 0 Å². The van der Waals surface area contributed by atoms with Crippen molar-refractivity contribution >= 4 is 17.7 Å². The topological polar surface area (TPSA) is 123 Å². The summed E-state index contributed by atoms with van der Waals surface area (Å²) in [6, 6.07) is 20.5. The van der Waals surface area contributed by atoms with Gasteiger partial charge in [-0.25, -0.2) is 18.9 Å². The van der Waals surface area contributed by atoms with E-state index in [2.05, 4.69) is 16.0 Å². The third-order valence-electron chi connectivity index (χ3n) is 7.32. The van der Waals surface area contributed by atoms with Crippen LogP contribution >= 0.6 is 0 Å². The Morgan fingerprint density at radius 1 is 1.12 bits per heavy atom. The number of amides is 2. The number of ether oxygens (including phenoxy) is 2. The van der Waals surface area contributed by atoms with Gasteiger partial charge in [-0.15, -0.1) is 5.10 Å². The van der Waals surface area contributed by atoms with Gasteiger partial charge in [0.15, 0.2) is 17.4 Å². The smallest absolute Gasteiger partial charge is 0.410 e. The quantitative estimate of drug-likeness (QED) is 0.321. The number of benzene rings is 3. The lowest BCUT2D eigenvalue weighted by atomic mass is 10.1. The van der Waals surface area contributed by atoms with Crippen molar-refractivity contribution in [3.05, 3.63) is 84.2 Å². The minimum atomic E-state index is -1.30. The van der Waals surface area contributed by atoms with Crippen molar-refractivity contribution < 1.29 is 23.5 Å². The molecule has 1 aromatic heterocycles. The zero-order valence-electron chi connectivity index (χ0n) is 23.1. The van der Waals surface area contributed by atoms with Gasteiger partial charge in [0, 0.05) is 30.8 Å². The second-order valence-electron chi connectivity index (χ2n) is 10.2. The number of aromatic nitrogens is 3. The molecule has 2 atom stereocenters. The number of para-hydroxylation sites is 1. The summed E-state index contributed by atoms with van der Waals surface area (Å²) in [5.41, 5.74) is 2.34. The maximum absolute atomic E-state index is 15.1.